The van der Waals surface area contributed by atoms with Crippen molar-refractivity contribution >= 4 is 28.4 Å². The molecule has 1 saturated carbocycles. The first-order chi connectivity index (χ1) is 18.6. The highest BCUT2D eigenvalue weighted by molar-refractivity contribution is 5.94. The molecule has 2 aliphatic rings. The lowest BCUT2D eigenvalue weighted by Gasteiger charge is -2.35. The van der Waals surface area contributed by atoms with E-state index in [1.165, 1.54) is 30.9 Å². The average Bonchev–Trinajstić information content (AvgIpc) is 3.78. The summed E-state index contributed by atoms with van der Waals surface area (Å²) < 4.78 is 6.07. The van der Waals surface area contributed by atoms with Gasteiger partial charge in [0.2, 0.25) is 5.91 Å². The molecule has 0 spiro atoms. The first-order valence-corrected chi connectivity index (χ1v) is 13.1. The van der Waals surface area contributed by atoms with Crippen molar-refractivity contribution in [2.75, 3.05) is 36.5 Å². The maximum absolute atomic E-state index is 11.6. The molecular weight excluding hydrogens is 478 g/mol. The maximum Gasteiger partial charge on any atom is 0.222 e. The molecule has 1 saturated heterocycles. The fourth-order valence-corrected chi connectivity index (χ4v) is 4.99. The Kier molecular flexibility index (Phi) is 6.94. The van der Waals surface area contributed by atoms with E-state index in [9.17, 15) is 4.79 Å². The fraction of sp³-hybridized carbons (Fsp3) is 0.345. The van der Waals surface area contributed by atoms with Crippen LogP contribution in [0.3, 0.4) is 0 Å². The predicted octanol–water partition coefficient (Wildman–Crippen LogP) is 3.92. The summed E-state index contributed by atoms with van der Waals surface area (Å²) in [6, 6.07) is 14.1. The van der Waals surface area contributed by atoms with Crippen LogP contribution in [0.1, 0.15) is 36.8 Å². The van der Waals surface area contributed by atoms with Gasteiger partial charge in [-0.1, -0.05) is 30.3 Å². The van der Waals surface area contributed by atoms with Gasteiger partial charge in [0.25, 0.3) is 0 Å². The SMILES string of the molecule is CC(=O)Nc1cc(-c2nc(N3CCN[C@@H](COCc4ccccc4)C3)c3c(C4CC4)cncc3n2)ccn1. The smallest absolute Gasteiger partial charge is 0.222 e. The van der Waals surface area contributed by atoms with Crippen molar-refractivity contribution in [1.82, 2.24) is 25.3 Å². The van der Waals surface area contributed by atoms with Crippen LogP contribution in [0.15, 0.2) is 61.1 Å². The molecule has 1 atom stereocenters. The number of carbonyl (C=O) groups excluding carboxylic acids is 1. The summed E-state index contributed by atoms with van der Waals surface area (Å²) in [5, 5.41) is 7.44. The molecule has 4 heterocycles. The van der Waals surface area contributed by atoms with Crippen LogP contribution in [0.25, 0.3) is 22.3 Å². The molecule has 2 fully saturated rings. The van der Waals surface area contributed by atoms with Gasteiger partial charge in [-0.05, 0) is 42.0 Å². The molecule has 38 heavy (non-hydrogen) atoms. The summed E-state index contributed by atoms with van der Waals surface area (Å²) in [4.78, 5) is 32.7. The van der Waals surface area contributed by atoms with Crippen molar-refractivity contribution in [3.05, 3.63) is 72.2 Å². The average molecular weight is 510 g/mol. The Balaban J connectivity index is 1.31. The second kappa shape index (κ2) is 10.8. The number of amides is 1. The van der Waals surface area contributed by atoms with Gasteiger partial charge >= 0.3 is 0 Å². The highest BCUT2D eigenvalue weighted by Gasteiger charge is 2.30. The summed E-state index contributed by atoms with van der Waals surface area (Å²) in [5.74, 6) is 2.34. The van der Waals surface area contributed by atoms with Gasteiger partial charge < -0.3 is 20.3 Å². The first-order valence-electron chi connectivity index (χ1n) is 13.1. The molecule has 3 aromatic heterocycles. The molecule has 2 N–H and O–H groups in total. The van der Waals surface area contributed by atoms with Crippen LogP contribution in [-0.4, -0.2) is 58.1 Å². The number of piperazine rings is 1. The number of ether oxygens (including phenoxy) is 1. The summed E-state index contributed by atoms with van der Waals surface area (Å²) in [5.41, 5.74) is 4.03. The second-order valence-corrected chi connectivity index (χ2v) is 9.98. The van der Waals surface area contributed by atoms with Crippen molar-refractivity contribution < 1.29 is 9.53 Å². The molecule has 1 amide bonds. The number of rotatable bonds is 8. The molecule has 1 aromatic carbocycles. The van der Waals surface area contributed by atoms with Gasteiger partial charge in [-0.15, -0.1) is 0 Å². The zero-order valence-corrected chi connectivity index (χ0v) is 21.4. The maximum atomic E-state index is 11.6. The van der Waals surface area contributed by atoms with Crippen LogP contribution in [0.2, 0.25) is 0 Å². The van der Waals surface area contributed by atoms with Gasteiger partial charge in [0.1, 0.15) is 11.6 Å². The Morgan fingerprint density at radius 3 is 2.84 bits per heavy atom. The molecule has 4 aromatic rings. The lowest BCUT2D eigenvalue weighted by molar-refractivity contribution is -0.114. The third-order valence-corrected chi connectivity index (χ3v) is 6.94. The Hall–Kier alpha value is -3.95. The molecule has 194 valence electrons. The monoisotopic (exact) mass is 509 g/mol. The van der Waals surface area contributed by atoms with Crippen molar-refractivity contribution in [3.8, 4) is 11.4 Å². The number of hydrogen-bond acceptors (Lipinski definition) is 8. The van der Waals surface area contributed by atoms with Crippen LogP contribution in [0, 0.1) is 0 Å². The molecule has 9 heteroatoms. The number of fused-ring (bicyclic) bond motifs is 1. The van der Waals surface area contributed by atoms with E-state index in [0.717, 1.165) is 41.9 Å². The van der Waals surface area contributed by atoms with E-state index in [1.54, 1.807) is 6.20 Å². The second-order valence-electron chi connectivity index (χ2n) is 9.98. The van der Waals surface area contributed by atoms with Gasteiger partial charge in [-0.25, -0.2) is 15.0 Å². The standard InChI is InChI=1S/C29H31N7O2/c1-19(37)33-26-13-22(9-10-32-26)28-34-25-15-30-14-24(21-7-8-21)27(25)29(35-28)36-12-11-31-23(16-36)18-38-17-20-5-3-2-4-6-20/h2-6,9-10,13-15,21,23,31H,7-8,11-12,16-18H2,1H3,(H,32,33,37)/t23-/m1/s1. The number of pyridine rings is 2. The summed E-state index contributed by atoms with van der Waals surface area (Å²) in [7, 11) is 0. The van der Waals surface area contributed by atoms with E-state index in [-0.39, 0.29) is 11.9 Å². The number of hydrogen-bond donors (Lipinski definition) is 2. The van der Waals surface area contributed by atoms with Crippen LogP contribution in [0.5, 0.6) is 0 Å². The quantitative estimate of drug-likeness (QED) is 0.368. The number of nitrogens with zero attached hydrogens (tertiary/aromatic N) is 5. The largest absolute Gasteiger partial charge is 0.375 e. The summed E-state index contributed by atoms with van der Waals surface area (Å²) in [6.07, 6.45) is 7.82. The van der Waals surface area contributed by atoms with E-state index < -0.39 is 0 Å². The Labute approximate surface area is 221 Å². The van der Waals surface area contributed by atoms with Gasteiger partial charge in [-0.2, -0.15) is 0 Å². The number of benzene rings is 1. The highest BCUT2D eigenvalue weighted by Crippen LogP contribution is 2.45. The number of aromatic nitrogens is 4. The van der Waals surface area contributed by atoms with Crippen molar-refractivity contribution in [3.63, 3.8) is 0 Å². The Bertz CT molecular complexity index is 1440. The highest BCUT2D eigenvalue weighted by atomic mass is 16.5. The summed E-state index contributed by atoms with van der Waals surface area (Å²) >= 11 is 0. The molecular formula is C29H31N7O2. The molecule has 1 aliphatic heterocycles. The van der Waals surface area contributed by atoms with Crippen molar-refractivity contribution in [2.24, 2.45) is 0 Å². The molecule has 1 aliphatic carbocycles. The molecule has 0 radical (unpaired) electrons. The number of nitrogens with one attached hydrogen (secondary N) is 2. The Morgan fingerprint density at radius 1 is 1.16 bits per heavy atom. The van der Waals surface area contributed by atoms with E-state index in [4.69, 9.17) is 14.7 Å². The zero-order valence-electron chi connectivity index (χ0n) is 21.4. The Morgan fingerprint density at radius 2 is 2.03 bits per heavy atom. The zero-order chi connectivity index (χ0) is 25.9. The lowest BCUT2D eigenvalue weighted by atomic mass is 10.1. The normalized spacial score (nSPS) is 17.5. The van der Waals surface area contributed by atoms with Crippen LogP contribution >= 0.6 is 0 Å². The molecule has 6 rings (SSSR count). The predicted molar refractivity (Wildman–Crippen MR) is 147 cm³/mol. The van der Waals surface area contributed by atoms with Gasteiger partial charge in [0.05, 0.1) is 24.9 Å². The fourth-order valence-electron chi connectivity index (χ4n) is 4.99. The van der Waals surface area contributed by atoms with Crippen molar-refractivity contribution in [2.45, 2.75) is 38.3 Å². The lowest BCUT2D eigenvalue weighted by Crippen LogP contribution is -2.53. The third kappa shape index (κ3) is 5.49. The number of carbonyl (C=O) groups is 1. The molecule has 0 bridgehead atoms. The first kappa shape index (κ1) is 24.4. The topological polar surface area (TPSA) is 105 Å². The van der Waals surface area contributed by atoms with Gasteiger partial charge in [-0.3, -0.25) is 9.78 Å². The van der Waals surface area contributed by atoms with Crippen LogP contribution in [-0.2, 0) is 16.1 Å². The molecule has 9 nitrogen and oxygen atoms in total. The van der Waals surface area contributed by atoms with E-state index in [2.05, 4.69) is 37.6 Å². The van der Waals surface area contributed by atoms with Gasteiger partial charge in [0, 0.05) is 55.9 Å². The third-order valence-electron chi connectivity index (χ3n) is 6.94. The minimum absolute atomic E-state index is 0.172. The van der Waals surface area contributed by atoms with Crippen molar-refractivity contribution in [1.29, 1.82) is 0 Å². The van der Waals surface area contributed by atoms with E-state index in [0.29, 0.717) is 30.8 Å². The minimum Gasteiger partial charge on any atom is -0.375 e. The number of anilines is 2. The molecule has 0 unspecified atom stereocenters. The van der Waals surface area contributed by atoms with Crippen LogP contribution in [0.4, 0.5) is 11.6 Å². The minimum atomic E-state index is -0.172. The van der Waals surface area contributed by atoms with E-state index >= 15 is 0 Å². The summed E-state index contributed by atoms with van der Waals surface area (Å²) in [6.45, 7) is 5.12. The van der Waals surface area contributed by atoms with Gasteiger partial charge in [0.15, 0.2) is 5.82 Å². The van der Waals surface area contributed by atoms with Crippen LogP contribution < -0.4 is 15.5 Å². The van der Waals surface area contributed by atoms with E-state index in [1.807, 2.05) is 42.7 Å².